The van der Waals surface area contributed by atoms with Crippen molar-refractivity contribution in [1.29, 1.82) is 0 Å². The summed E-state index contributed by atoms with van der Waals surface area (Å²) in [7, 11) is -3.76. The molecule has 0 unspecified atom stereocenters. The van der Waals surface area contributed by atoms with Crippen molar-refractivity contribution >= 4 is 27.5 Å². The summed E-state index contributed by atoms with van der Waals surface area (Å²) < 4.78 is 22.3. The van der Waals surface area contributed by atoms with E-state index in [0.29, 0.717) is 11.3 Å². The van der Waals surface area contributed by atoms with Crippen LogP contribution in [0.15, 0.2) is 53.4 Å². The molecule has 0 radical (unpaired) electrons. The molecule has 2 rings (SSSR count). The van der Waals surface area contributed by atoms with Crippen molar-refractivity contribution in [2.45, 2.75) is 24.8 Å². The molecule has 0 saturated heterocycles. The number of primary sulfonamides is 1. The Hall–Kier alpha value is -2.71. The molecule has 0 bridgehead atoms. The molecule has 0 aliphatic carbocycles. The zero-order valence-corrected chi connectivity index (χ0v) is 14.5. The monoisotopic (exact) mass is 361 g/mol. The van der Waals surface area contributed by atoms with Crippen molar-refractivity contribution in [2.24, 2.45) is 5.14 Å². The quantitative estimate of drug-likeness (QED) is 0.692. The summed E-state index contributed by atoms with van der Waals surface area (Å²) >= 11 is 0. The smallest absolute Gasteiger partial charge is 0.313 e. The minimum atomic E-state index is -3.76. The number of sulfonamides is 1. The van der Waals surface area contributed by atoms with Crippen LogP contribution in [0.1, 0.15) is 18.1 Å². The first kappa shape index (κ1) is 18.6. The van der Waals surface area contributed by atoms with Crippen molar-refractivity contribution in [1.82, 2.24) is 5.32 Å². The molecule has 0 aliphatic heterocycles. The van der Waals surface area contributed by atoms with Crippen molar-refractivity contribution in [3.63, 3.8) is 0 Å². The van der Waals surface area contributed by atoms with Crippen molar-refractivity contribution in [2.75, 3.05) is 5.32 Å². The van der Waals surface area contributed by atoms with Gasteiger partial charge in [-0.2, -0.15) is 0 Å². The summed E-state index contributed by atoms with van der Waals surface area (Å²) in [5.74, 6) is -1.56. The van der Waals surface area contributed by atoms with E-state index in [-0.39, 0.29) is 11.4 Å². The van der Waals surface area contributed by atoms with Crippen LogP contribution >= 0.6 is 0 Å². The fourth-order valence-corrected chi connectivity index (χ4v) is 2.59. The molecule has 132 valence electrons. The maximum absolute atomic E-state index is 11.9. The highest BCUT2D eigenvalue weighted by Gasteiger charge is 2.13. The fraction of sp³-hybridized carbons (Fsp3) is 0.176. The predicted octanol–water partition coefficient (Wildman–Crippen LogP) is 1.15. The molecule has 0 aromatic heterocycles. The molecule has 2 aromatic carbocycles. The first-order valence-corrected chi connectivity index (χ1v) is 9.14. The molecule has 0 atom stereocenters. The predicted molar refractivity (Wildman–Crippen MR) is 94.1 cm³/mol. The summed E-state index contributed by atoms with van der Waals surface area (Å²) in [6.45, 7) is 2.11. The molecule has 0 fully saturated rings. The minimum Gasteiger partial charge on any atom is -0.344 e. The topological polar surface area (TPSA) is 118 Å². The van der Waals surface area contributed by atoms with Crippen molar-refractivity contribution < 1.29 is 18.0 Å². The van der Waals surface area contributed by atoms with Gasteiger partial charge in [0.15, 0.2) is 0 Å². The number of benzene rings is 2. The second-order valence-corrected chi connectivity index (χ2v) is 6.94. The van der Waals surface area contributed by atoms with E-state index in [1.165, 1.54) is 24.3 Å². The van der Waals surface area contributed by atoms with Gasteiger partial charge in [0.2, 0.25) is 10.0 Å². The Morgan fingerprint density at radius 3 is 2.00 bits per heavy atom. The molecule has 0 heterocycles. The van der Waals surface area contributed by atoms with Gasteiger partial charge in [0.25, 0.3) is 0 Å². The third-order valence-corrected chi connectivity index (χ3v) is 4.46. The van der Waals surface area contributed by atoms with Gasteiger partial charge in [-0.25, -0.2) is 13.6 Å². The summed E-state index contributed by atoms with van der Waals surface area (Å²) in [5, 5.41) is 9.99. The van der Waals surface area contributed by atoms with Gasteiger partial charge < -0.3 is 10.6 Å². The molecule has 25 heavy (non-hydrogen) atoms. The minimum absolute atomic E-state index is 0.0177. The molecule has 0 aliphatic rings. The summed E-state index contributed by atoms with van der Waals surface area (Å²) in [4.78, 5) is 23.7. The number of hydrogen-bond donors (Lipinski definition) is 3. The molecular weight excluding hydrogens is 342 g/mol. The Morgan fingerprint density at radius 2 is 1.48 bits per heavy atom. The van der Waals surface area contributed by atoms with Crippen LogP contribution in [-0.4, -0.2) is 20.2 Å². The van der Waals surface area contributed by atoms with E-state index < -0.39 is 21.8 Å². The van der Waals surface area contributed by atoms with Crippen LogP contribution in [0, 0.1) is 0 Å². The standard InChI is InChI=1S/C17H19N3O4S/c1-2-12-3-7-14(8-4-12)20-17(22)16(21)19-11-13-5-9-15(10-6-13)25(18,23)24/h3-10H,2,11H2,1H3,(H,19,21)(H,20,22)(H2,18,23,24). The summed E-state index contributed by atoms with van der Waals surface area (Å²) in [6, 6.07) is 12.9. The number of nitrogens with one attached hydrogen (secondary N) is 2. The first-order valence-electron chi connectivity index (χ1n) is 7.59. The first-order chi connectivity index (χ1) is 11.8. The van der Waals surface area contributed by atoms with Gasteiger partial charge in [-0.15, -0.1) is 0 Å². The lowest BCUT2D eigenvalue weighted by Gasteiger charge is -2.07. The van der Waals surface area contributed by atoms with Crippen LogP contribution < -0.4 is 15.8 Å². The van der Waals surface area contributed by atoms with E-state index >= 15 is 0 Å². The van der Waals surface area contributed by atoms with Crippen LogP contribution in [0.2, 0.25) is 0 Å². The normalized spacial score (nSPS) is 11.0. The molecule has 2 amide bonds. The number of amides is 2. The zero-order chi connectivity index (χ0) is 18.4. The van der Waals surface area contributed by atoms with Gasteiger partial charge in [0.05, 0.1) is 4.90 Å². The number of carbonyl (C=O) groups excluding carboxylic acids is 2. The van der Waals surface area contributed by atoms with Gasteiger partial charge >= 0.3 is 11.8 Å². The van der Waals surface area contributed by atoms with E-state index in [9.17, 15) is 18.0 Å². The molecule has 0 saturated carbocycles. The average Bonchev–Trinajstić information content (AvgIpc) is 2.60. The maximum Gasteiger partial charge on any atom is 0.313 e. The number of carbonyl (C=O) groups is 2. The molecule has 2 aromatic rings. The zero-order valence-electron chi connectivity index (χ0n) is 13.7. The van der Waals surface area contributed by atoms with Crippen LogP contribution in [-0.2, 0) is 32.6 Å². The van der Waals surface area contributed by atoms with Crippen molar-refractivity contribution in [3.8, 4) is 0 Å². The van der Waals surface area contributed by atoms with Crippen LogP contribution in [0.3, 0.4) is 0 Å². The number of hydrogen-bond acceptors (Lipinski definition) is 4. The lowest BCUT2D eigenvalue weighted by atomic mass is 10.1. The van der Waals surface area contributed by atoms with E-state index in [0.717, 1.165) is 12.0 Å². The average molecular weight is 361 g/mol. The van der Waals surface area contributed by atoms with Gasteiger partial charge in [0.1, 0.15) is 0 Å². The third-order valence-electron chi connectivity index (χ3n) is 3.53. The lowest BCUT2D eigenvalue weighted by Crippen LogP contribution is -2.34. The van der Waals surface area contributed by atoms with Gasteiger partial charge in [0, 0.05) is 12.2 Å². The number of anilines is 1. The molecule has 0 spiro atoms. The highest BCUT2D eigenvalue weighted by Crippen LogP contribution is 2.10. The Balaban J connectivity index is 1.89. The second kappa shape index (κ2) is 7.91. The van der Waals surface area contributed by atoms with Crippen LogP contribution in [0.4, 0.5) is 5.69 Å². The molecule has 7 nitrogen and oxygen atoms in total. The van der Waals surface area contributed by atoms with E-state index in [2.05, 4.69) is 10.6 Å². The SMILES string of the molecule is CCc1ccc(NC(=O)C(=O)NCc2ccc(S(N)(=O)=O)cc2)cc1. The van der Waals surface area contributed by atoms with Gasteiger partial charge in [-0.1, -0.05) is 31.2 Å². The largest absolute Gasteiger partial charge is 0.344 e. The molecule has 4 N–H and O–H groups in total. The Bertz CT molecular complexity index is 860. The lowest BCUT2D eigenvalue weighted by molar-refractivity contribution is -0.136. The molecular formula is C17H19N3O4S. The van der Waals surface area contributed by atoms with E-state index in [4.69, 9.17) is 5.14 Å². The number of aryl methyl sites for hydroxylation is 1. The second-order valence-electron chi connectivity index (χ2n) is 5.38. The Morgan fingerprint density at radius 1 is 0.920 bits per heavy atom. The van der Waals surface area contributed by atoms with E-state index in [1.54, 1.807) is 12.1 Å². The van der Waals surface area contributed by atoms with Crippen LogP contribution in [0.5, 0.6) is 0 Å². The Kier molecular flexibility index (Phi) is 5.89. The van der Waals surface area contributed by atoms with E-state index in [1.807, 2.05) is 19.1 Å². The molecule has 8 heteroatoms. The highest BCUT2D eigenvalue weighted by atomic mass is 32.2. The van der Waals surface area contributed by atoms with Crippen molar-refractivity contribution in [3.05, 3.63) is 59.7 Å². The third kappa shape index (κ3) is 5.40. The maximum atomic E-state index is 11.9. The summed E-state index contributed by atoms with van der Waals surface area (Å²) in [6.07, 6.45) is 0.888. The van der Waals surface area contributed by atoms with Crippen LogP contribution in [0.25, 0.3) is 0 Å². The highest BCUT2D eigenvalue weighted by molar-refractivity contribution is 7.89. The number of nitrogens with two attached hydrogens (primary N) is 1. The summed E-state index contributed by atoms with van der Waals surface area (Å²) in [5.41, 5.74) is 2.31. The van der Waals surface area contributed by atoms with Gasteiger partial charge in [-0.3, -0.25) is 9.59 Å². The Labute approximate surface area is 146 Å². The fourth-order valence-electron chi connectivity index (χ4n) is 2.07. The number of rotatable bonds is 5. The van der Waals surface area contributed by atoms with Gasteiger partial charge in [-0.05, 0) is 41.8 Å².